The van der Waals surface area contributed by atoms with E-state index in [-0.39, 0.29) is 12.0 Å². The monoisotopic (exact) mass is 227 g/mol. The zero-order valence-electron chi connectivity index (χ0n) is 10.1. The highest BCUT2D eigenvalue weighted by atomic mass is 16.5. The van der Waals surface area contributed by atoms with E-state index >= 15 is 0 Å². The van der Waals surface area contributed by atoms with Crippen LogP contribution in [0.4, 0.5) is 0 Å². The summed E-state index contributed by atoms with van der Waals surface area (Å²) in [7, 11) is 1.46. The summed E-state index contributed by atoms with van der Waals surface area (Å²) in [6, 6.07) is 0.216. The van der Waals surface area contributed by atoms with Crippen LogP contribution in [0.3, 0.4) is 0 Å². The fourth-order valence-electron chi connectivity index (χ4n) is 2.32. The maximum Gasteiger partial charge on any atom is 0.323 e. The smallest absolute Gasteiger partial charge is 0.323 e. The zero-order valence-corrected chi connectivity index (χ0v) is 10.1. The molecule has 1 aliphatic heterocycles. The van der Waals surface area contributed by atoms with Gasteiger partial charge in [0.05, 0.1) is 13.7 Å². The maximum atomic E-state index is 11.6. The summed E-state index contributed by atoms with van der Waals surface area (Å²) in [5.74, 6) is 0.899. The topological polar surface area (TPSA) is 47.6 Å². The Kier molecular flexibility index (Phi) is 3.82. The van der Waals surface area contributed by atoms with E-state index in [0.29, 0.717) is 17.9 Å². The lowest BCUT2D eigenvalue weighted by Gasteiger charge is -2.24. The van der Waals surface area contributed by atoms with Crippen molar-refractivity contribution in [2.45, 2.75) is 38.3 Å². The Labute approximate surface area is 96.7 Å². The number of methoxy groups -OCH3 is 1. The number of carbonyl (C=O) groups is 1. The second kappa shape index (κ2) is 5.15. The first-order valence-corrected chi connectivity index (χ1v) is 6.14. The van der Waals surface area contributed by atoms with E-state index in [1.54, 1.807) is 0 Å². The van der Waals surface area contributed by atoms with Gasteiger partial charge in [0.15, 0.2) is 0 Å². The third-order valence-electron chi connectivity index (χ3n) is 3.66. The SMILES string of the molecule is COC(=O)C(NC(C)C1CCOC1)C1CC1. The van der Waals surface area contributed by atoms with Crippen molar-refractivity contribution in [3.63, 3.8) is 0 Å². The lowest BCUT2D eigenvalue weighted by atomic mass is 9.99. The van der Waals surface area contributed by atoms with Gasteiger partial charge in [-0.05, 0) is 38.0 Å². The summed E-state index contributed by atoms with van der Waals surface area (Å²) in [4.78, 5) is 11.6. The first-order valence-electron chi connectivity index (χ1n) is 6.14. The molecule has 4 nitrogen and oxygen atoms in total. The summed E-state index contributed by atoms with van der Waals surface area (Å²) in [6.45, 7) is 3.80. The second-order valence-corrected chi connectivity index (χ2v) is 4.92. The van der Waals surface area contributed by atoms with Crippen LogP contribution in [0.2, 0.25) is 0 Å². The predicted octanol–water partition coefficient (Wildman–Crippen LogP) is 0.953. The molecule has 3 unspecified atom stereocenters. The van der Waals surface area contributed by atoms with E-state index in [9.17, 15) is 4.79 Å². The Morgan fingerprint density at radius 1 is 1.38 bits per heavy atom. The Balaban J connectivity index is 1.86. The van der Waals surface area contributed by atoms with Gasteiger partial charge in [-0.15, -0.1) is 0 Å². The van der Waals surface area contributed by atoms with E-state index in [4.69, 9.17) is 9.47 Å². The molecule has 92 valence electrons. The van der Waals surface area contributed by atoms with Crippen LogP contribution < -0.4 is 5.32 Å². The number of hydrogen-bond donors (Lipinski definition) is 1. The van der Waals surface area contributed by atoms with Gasteiger partial charge in [0.2, 0.25) is 0 Å². The molecule has 16 heavy (non-hydrogen) atoms. The van der Waals surface area contributed by atoms with Gasteiger partial charge in [-0.25, -0.2) is 0 Å². The van der Waals surface area contributed by atoms with Gasteiger partial charge in [-0.3, -0.25) is 4.79 Å². The quantitative estimate of drug-likeness (QED) is 0.710. The van der Waals surface area contributed by atoms with Crippen LogP contribution in [-0.4, -0.2) is 38.4 Å². The Morgan fingerprint density at radius 3 is 2.62 bits per heavy atom. The number of carbonyl (C=O) groups excluding carboxylic acids is 1. The molecule has 1 heterocycles. The molecule has 0 bridgehead atoms. The molecule has 2 fully saturated rings. The van der Waals surface area contributed by atoms with E-state index in [1.165, 1.54) is 7.11 Å². The second-order valence-electron chi connectivity index (χ2n) is 4.92. The minimum absolute atomic E-state index is 0.111. The zero-order chi connectivity index (χ0) is 11.5. The van der Waals surface area contributed by atoms with Crippen molar-refractivity contribution >= 4 is 5.97 Å². The molecule has 3 atom stereocenters. The molecule has 1 saturated heterocycles. The van der Waals surface area contributed by atoms with Crippen molar-refractivity contribution in [2.24, 2.45) is 11.8 Å². The molecule has 1 N–H and O–H groups in total. The van der Waals surface area contributed by atoms with Gasteiger partial charge < -0.3 is 14.8 Å². The summed E-state index contributed by atoms with van der Waals surface area (Å²) in [5.41, 5.74) is 0. The molecule has 0 radical (unpaired) electrons. The number of ether oxygens (including phenoxy) is 2. The summed E-state index contributed by atoms with van der Waals surface area (Å²) in [5, 5.41) is 3.42. The average molecular weight is 227 g/mol. The molecule has 2 aliphatic rings. The van der Waals surface area contributed by atoms with Crippen LogP contribution >= 0.6 is 0 Å². The lowest BCUT2D eigenvalue weighted by molar-refractivity contribution is -0.144. The summed E-state index contributed by atoms with van der Waals surface area (Å²) >= 11 is 0. The fourth-order valence-corrected chi connectivity index (χ4v) is 2.32. The van der Waals surface area contributed by atoms with Crippen LogP contribution in [0.5, 0.6) is 0 Å². The van der Waals surface area contributed by atoms with Crippen molar-refractivity contribution < 1.29 is 14.3 Å². The Morgan fingerprint density at radius 2 is 2.12 bits per heavy atom. The highest BCUT2D eigenvalue weighted by Crippen LogP contribution is 2.34. The maximum absolute atomic E-state index is 11.6. The number of esters is 1. The Bertz CT molecular complexity index is 247. The van der Waals surface area contributed by atoms with Crippen molar-refractivity contribution in [2.75, 3.05) is 20.3 Å². The van der Waals surface area contributed by atoms with Crippen molar-refractivity contribution in [3.05, 3.63) is 0 Å². The van der Waals surface area contributed by atoms with Gasteiger partial charge in [0.25, 0.3) is 0 Å². The third-order valence-corrected chi connectivity index (χ3v) is 3.66. The summed E-state index contributed by atoms with van der Waals surface area (Å²) in [6.07, 6.45) is 3.37. The fraction of sp³-hybridized carbons (Fsp3) is 0.917. The van der Waals surface area contributed by atoms with Gasteiger partial charge >= 0.3 is 5.97 Å². The van der Waals surface area contributed by atoms with Gasteiger partial charge in [-0.2, -0.15) is 0 Å². The van der Waals surface area contributed by atoms with Crippen LogP contribution in [0.15, 0.2) is 0 Å². The highest BCUT2D eigenvalue weighted by Gasteiger charge is 2.38. The first kappa shape index (κ1) is 11.9. The third kappa shape index (κ3) is 2.74. The molecule has 0 spiro atoms. The summed E-state index contributed by atoms with van der Waals surface area (Å²) < 4.78 is 10.2. The van der Waals surface area contributed by atoms with Crippen molar-refractivity contribution in [1.29, 1.82) is 0 Å². The van der Waals surface area contributed by atoms with E-state index < -0.39 is 0 Å². The predicted molar refractivity (Wildman–Crippen MR) is 60.1 cm³/mol. The standard InChI is InChI=1S/C12H21NO3/c1-8(10-5-6-16-7-10)13-11(9-3-4-9)12(14)15-2/h8-11,13H,3-7H2,1-2H3. The van der Waals surface area contributed by atoms with Gasteiger partial charge in [0, 0.05) is 12.6 Å². The van der Waals surface area contributed by atoms with Crippen molar-refractivity contribution in [3.8, 4) is 0 Å². The normalized spacial score (nSPS) is 28.8. The highest BCUT2D eigenvalue weighted by molar-refractivity contribution is 5.76. The average Bonchev–Trinajstić information content (AvgIpc) is 2.98. The molecule has 1 saturated carbocycles. The number of hydrogen-bond acceptors (Lipinski definition) is 4. The molecule has 2 rings (SSSR count). The minimum Gasteiger partial charge on any atom is -0.468 e. The molecule has 0 aromatic heterocycles. The van der Waals surface area contributed by atoms with Crippen molar-refractivity contribution in [1.82, 2.24) is 5.32 Å². The lowest BCUT2D eigenvalue weighted by Crippen LogP contribution is -2.47. The molecule has 1 aliphatic carbocycles. The van der Waals surface area contributed by atoms with Gasteiger partial charge in [-0.1, -0.05) is 0 Å². The largest absolute Gasteiger partial charge is 0.468 e. The van der Waals surface area contributed by atoms with Crippen LogP contribution in [0.1, 0.15) is 26.2 Å². The first-order chi connectivity index (χ1) is 7.72. The molecular weight excluding hydrogens is 206 g/mol. The molecule has 0 aromatic carbocycles. The number of nitrogens with one attached hydrogen (secondary N) is 1. The van der Waals surface area contributed by atoms with Gasteiger partial charge in [0.1, 0.15) is 6.04 Å². The van der Waals surface area contributed by atoms with E-state index in [2.05, 4.69) is 12.2 Å². The van der Waals surface area contributed by atoms with E-state index in [1.807, 2.05) is 0 Å². The van der Waals surface area contributed by atoms with E-state index in [0.717, 1.165) is 32.5 Å². The minimum atomic E-state index is -0.117. The number of rotatable bonds is 5. The molecule has 4 heteroatoms. The molecule has 0 aromatic rings. The van der Waals surface area contributed by atoms with Crippen LogP contribution in [-0.2, 0) is 14.3 Å². The molecular formula is C12H21NO3. The van der Waals surface area contributed by atoms with Crippen LogP contribution in [0, 0.1) is 11.8 Å². The molecule has 0 amide bonds. The Hall–Kier alpha value is -0.610. The van der Waals surface area contributed by atoms with Crippen LogP contribution in [0.25, 0.3) is 0 Å².